The van der Waals surface area contributed by atoms with Gasteiger partial charge in [0.15, 0.2) is 0 Å². The van der Waals surface area contributed by atoms with Crippen LogP contribution in [0.3, 0.4) is 0 Å². The van der Waals surface area contributed by atoms with Crippen molar-refractivity contribution in [2.24, 2.45) is 11.1 Å². The summed E-state index contributed by atoms with van der Waals surface area (Å²) in [4.78, 5) is 0. The highest BCUT2D eigenvalue weighted by molar-refractivity contribution is 4.84. The molecule has 2 aliphatic heterocycles. The van der Waals surface area contributed by atoms with E-state index in [1.54, 1.807) is 0 Å². The van der Waals surface area contributed by atoms with Crippen molar-refractivity contribution in [3.63, 3.8) is 0 Å². The predicted molar refractivity (Wildman–Crippen MR) is 59.7 cm³/mol. The minimum Gasteiger partial charge on any atom is -0.381 e. The smallest absolute Gasteiger partial charge is 0.0576 e. The highest BCUT2D eigenvalue weighted by Crippen LogP contribution is 2.33. The van der Waals surface area contributed by atoms with E-state index in [0.29, 0.717) is 11.5 Å². The Morgan fingerprint density at radius 3 is 2.87 bits per heavy atom. The summed E-state index contributed by atoms with van der Waals surface area (Å²) in [5, 5.41) is 0. The fraction of sp³-hybridized carbons (Fsp3) is 1.00. The van der Waals surface area contributed by atoms with E-state index in [2.05, 4.69) is 0 Å². The Morgan fingerprint density at radius 1 is 1.33 bits per heavy atom. The van der Waals surface area contributed by atoms with E-state index in [4.69, 9.17) is 15.2 Å². The van der Waals surface area contributed by atoms with Gasteiger partial charge in [-0.05, 0) is 32.1 Å². The van der Waals surface area contributed by atoms with Gasteiger partial charge in [-0.2, -0.15) is 0 Å². The Hall–Kier alpha value is -0.120. The summed E-state index contributed by atoms with van der Waals surface area (Å²) >= 11 is 0. The Balaban J connectivity index is 1.67. The molecule has 2 fully saturated rings. The highest BCUT2D eigenvalue weighted by Gasteiger charge is 2.33. The minimum atomic E-state index is 0.290. The van der Waals surface area contributed by atoms with E-state index in [1.165, 1.54) is 32.1 Å². The molecule has 0 aliphatic carbocycles. The lowest BCUT2D eigenvalue weighted by Crippen LogP contribution is -2.31. The van der Waals surface area contributed by atoms with Gasteiger partial charge in [0.2, 0.25) is 0 Å². The Labute approximate surface area is 92.3 Å². The van der Waals surface area contributed by atoms with Crippen molar-refractivity contribution in [3.05, 3.63) is 0 Å². The fourth-order valence-electron chi connectivity index (χ4n) is 2.69. The average Bonchev–Trinajstić information content (AvgIpc) is 2.89. The van der Waals surface area contributed by atoms with Crippen LogP contribution < -0.4 is 5.73 Å². The zero-order valence-electron chi connectivity index (χ0n) is 9.54. The summed E-state index contributed by atoms with van der Waals surface area (Å²) in [7, 11) is 0. The van der Waals surface area contributed by atoms with Gasteiger partial charge in [-0.1, -0.05) is 6.42 Å². The SMILES string of the molecule is NCC1(CCCC2CCCO2)CCOC1. The molecule has 0 aromatic heterocycles. The van der Waals surface area contributed by atoms with E-state index in [9.17, 15) is 0 Å². The van der Waals surface area contributed by atoms with Crippen molar-refractivity contribution in [1.29, 1.82) is 0 Å². The third-order valence-corrected chi connectivity index (χ3v) is 3.88. The van der Waals surface area contributed by atoms with Gasteiger partial charge in [0.25, 0.3) is 0 Å². The molecule has 2 unspecified atom stereocenters. The van der Waals surface area contributed by atoms with Gasteiger partial charge in [-0.15, -0.1) is 0 Å². The summed E-state index contributed by atoms with van der Waals surface area (Å²) < 4.78 is 11.1. The number of hydrogen-bond donors (Lipinski definition) is 1. The van der Waals surface area contributed by atoms with Crippen LogP contribution in [0.4, 0.5) is 0 Å². The first-order chi connectivity index (χ1) is 7.35. The van der Waals surface area contributed by atoms with Crippen molar-refractivity contribution >= 4 is 0 Å². The molecule has 2 atom stereocenters. The quantitative estimate of drug-likeness (QED) is 0.756. The van der Waals surface area contributed by atoms with Crippen LogP contribution in [0.15, 0.2) is 0 Å². The van der Waals surface area contributed by atoms with Crippen LogP contribution in [-0.4, -0.2) is 32.5 Å². The number of ether oxygens (including phenoxy) is 2. The molecular weight excluding hydrogens is 190 g/mol. The normalized spacial score (nSPS) is 36.2. The maximum atomic E-state index is 5.85. The molecule has 3 nitrogen and oxygen atoms in total. The van der Waals surface area contributed by atoms with Crippen LogP contribution in [-0.2, 0) is 9.47 Å². The first-order valence-electron chi connectivity index (χ1n) is 6.24. The molecule has 88 valence electrons. The second kappa shape index (κ2) is 5.28. The van der Waals surface area contributed by atoms with Crippen molar-refractivity contribution in [3.8, 4) is 0 Å². The largest absolute Gasteiger partial charge is 0.381 e. The molecule has 2 heterocycles. The standard InChI is InChI=1S/C12H23NO2/c13-9-12(6-8-14-10-12)5-1-3-11-4-2-7-15-11/h11H,1-10,13H2. The molecule has 3 heteroatoms. The van der Waals surface area contributed by atoms with Gasteiger partial charge in [0.1, 0.15) is 0 Å². The summed E-state index contributed by atoms with van der Waals surface area (Å²) in [5.74, 6) is 0. The lowest BCUT2D eigenvalue weighted by molar-refractivity contribution is 0.0949. The average molecular weight is 213 g/mol. The molecule has 0 amide bonds. The van der Waals surface area contributed by atoms with Crippen molar-refractivity contribution in [2.45, 2.75) is 44.6 Å². The molecule has 2 N–H and O–H groups in total. The fourth-order valence-corrected chi connectivity index (χ4v) is 2.69. The van der Waals surface area contributed by atoms with Gasteiger partial charge in [0.05, 0.1) is 12.7 Å². The number of hydrogen-bond acceptors (Lipinski definition) is 3. The molecule has 0 bridgehead atoms. The van der Waals surface area contributed by atoms with Crippen molar-refractivity contribution in [2.75, 3.05) is 26.4 Å². The van der Waals surface area contributed by atoms with Crippen molar-refractivity contribution < 1.29 is 9.47 Å². The van der Waals surface area contributed by atoms with Gasteiger partial charge in [0, 0.05) is 25.2 Å². The van der Waals surface area contributed by atoms with E-state index >= 15 is 0 Å². The van der Waals surface area contributed by atoms with Gasteiger partial charge < -0.3 is 15.2 Å². The number of nitrogens with two attached hydrogens (primary N) is 1. The van der Waals surface area contributed by atoms with Crippen LogP contribution in [0.5, 0.6) is 0 Å². The van der Waals surface area contributed by atoms with Crippen LogP contribution >= 0.6 is 0 Å². The highest BCUT2D eigenvalue weighted by atomic mass is 16.5. The zero-order valence-corrected chi connectivity index (χ0v) is 9.54. The van der Waals surface area contributed by atoms with Crippen LogP contribution in [0, 0.1) is 5.41 Å². The first-order valence-corrected chi connectivity index (χ1v) is 6.24. The summed E-state index contributed by atoms with van der Waals surface area (Å²) in [6.45, 7) is 3.51. The van der Waals surface area contributed by atoms with Crippen molar-refractivity contribution in [1.82, 2.24) is 0 Å². The van der Waals surface area contributed by atoms with E-state index in [1.807, 2.05) is 0 Å². The predicted octanol–water partition coefficient (Wildman–Crippen LogP) is 1.70. The maximum absolute atomic E-state index is 5.85. The minimum absolute atomic E-state index is 0.290. The van der Waals surface area contributed by atoms with Crippen LogP contribution in [0.25, 0.3) is 0 Å². The summed E-state index contributed by atoms with van der Waals surface area (Å²) in [5.41, 5.74) is 6.14. The molecule has 0 spiro atoms. The molecule has 0 aromatic carbocycles. The maximum Gasteiger partial charge on any atom is 0.0576 e. The van der Waals surface area contributed by atoms with E-state index < -0.39 is 0 Å². The van der Waals surface area contributed by atoms with Gasteiger partial charge >= 0.3 is 0 Å². The monoisotopic (exact) mass is 213 g/mol. The van der Waals surface area contributed by atoms with Gasteiger partial charge in [-0.3, -0.25) is 0 Å². The molecule has 15 heavy (non-hydrogen) atoms. The van der Waals surface area contributed by atoms with Gasteiger partial charge in [-0.25, -0.2) is 0 Å². The lowest BCUT2D eigenvalue weighted by atomic mass is 9.82. The molecular formula is C12H23NO2. The molecule has 2 aliphatic rings. The Morgan fingerprint density at radius 2 is 2.27 bits per heavy atom. The van der Waals surface area contributed by atoms with E-state index in [0.717, 1.165) is 32.8 Å². The first kappa shape index (κ1) is 11.4. The molecule has 0 aromatic rings. The number of rotatable bonds is 5. The third kappa shape index (κ3) is 2.92. The third-order valence-electron chi connectivity index (χ3n) is 3.88. The Bertz CT molecular complexity index is 184. The topological polar surface area (TPSA) is 44.5 Å². The molecule has 0 saturated carbocycles. The zero-order chi connectivity index (χ0) is 10.6. The Kier molecular flexibility index (Phi) is 4.00. The van der Waals surface area contributed by atoms with E-state index in [-0.39, 0.29) is 0 Å². The molecule has 2 rings (SSSR count). The molecule has 0 radical (unpaired) electrons. The molecule has 2 saturated heterocycles. The van der Waals surface area contributed by atoms with Crippen LogP contribution in [0.2, 0.25) is 0 Å². The second-order valence-electron chi connectivity index (χ2n) is 5.03. The second-order valence-corrected chi connectivity index (χ2v) is 5.03. The summed E-state index contributed by atoms with van der Waals surface area (Å²) in [6, 6.07) is 0. The van der Waals surface area contributed by atoms with Crippen LogP contribution in [0.1, 0.15) is 38.5 Å². The summed E-state index contributed by atoms with van der Waals surface area (Å²) in [6.07, 6.45) is 7.84. The lowest BCUT2D eigenvalue weighted by Gasteiger charge is -2.25.